The second-order valence-corrected chi connectivity index (χ2v) is 9.59. The first-order chi connectivity index (χ1) is 12.0. The second kappa shape index (κ2) is 5.32. The van der Waals surface area contributed by atoms with E-state index in [4.69, 9.17) is 9.47 Å². The molecule has 4 fully saturated rings. The van der Waals surface area contributed by atoms with Crippen molar-refractivity contribution in [1.29, 1.82) is 0 Å². The smallest absolute Gasteiger partial charge is 0.172 e. The number of allylic oxidation sites excluding steroid dienone is 1. The molecule has 1 saturated heterocycles. The van der Waals surface area contributed by atoms with Gasteiger partial charge >= 0.3 is 0 Å². The van der Waals surface area contributed by atoms with Crippen LogP contribution >= 0.6 is 0 Å². The summed E-state index contributed by atoms with van der Waals surface area (Å²) in [6.07, 6.45) is 11.5. The van der Waals surface area contributed by atoms with Crippen LogP contribution in [0.1, 0.15) is 65.2 Å². The van der Waals surface area contributed by atoms with E-state index < -0.39 is 0 Å². The molecule has 5 rings (SSSR count). The Bertz CT molecular complexity index is 635. The highest BCUT2D eigenvalue weighted by Crippen LogP contribution is 2.65. The van der Waals surface area contributed by atoms with Gasteiger partial charge in [0.25, 0.3) is 0 Å². The molecule has 5 unspecified atom stereocenters. The molecule has 1 aliphatic heterocycles. The third-order valence-electron chi connectivity index (χ3n) is 8.79. The molecule has 1 heterocycles. The molecular formula is C21H31NO3. The summed E-state index contributed by atoms with van der Waals surface area (Å²) in [7, 11) is 0. The van der Waals surface area contributed by atoms with Crippen LogP contribution in [0, 0.1) is 28.6 Å². The lowest BCUT2D eigenvalue weighted by Gasteiger charge is -2.58. The largest absolute Gasteiger partial charge is 0.411 e. The highest BCUT2D eigenvalue weighted by Gasteiger charge is 2.59. The standard InChI is InChI=1S/C21H31NO3/c1-19-9-10-21(24-11-12-25-21)13-14(19)3-4-15-16-5-6-18(22-23)20(16,2)8-7-17(15)19/h3,15-17,23H,4-13H2,1-2H3/b22-18+. The van der Waals surface area contributed by atoms with Crippen LogP contribution in [0.4, 0.5) is 0 Å². The summed E-state index contributed by atoms with van der Waals surface area (Å²) < 4.78 is 12.0. The van der Waals surface area contributed by atoms with Crippen LogP contribution in [0.3, 0.4) is 0 Å². The van der Waals surface area contributed by atoms with E-state index in [9.17, 15) is 5.21 Å². The molecule has 4 aliphatic carbocycles. The van der Waals surface area contributed by atoms with Gasteiger partial charge in [0.05, 0.1) is 18.9 Å². The minimum atomic E-state index is -0.314. The van der Waals surface area contributed by atoms with E-state index in [0.29, 0.717) is 11.3 Å². The molecule has 0 aromatic rings. The van der Waals surface area contributed by atoms with E-state index in [1.165, 1.54) is 32.1 Å². The normalized spacial score (nSPS) is 49.6. The maximum Gasteiger partial charge on any atom is 0.172 e. The van der Waals surface area contributed by atoms with Crippen molar-refractivity contribution < 1.29 is 14.7 Å². The van der Waals surface area contributed by atoms with E-state index in [-0.39, 0.29) is 11.2 Å². The van der Waals surface area contributed by atoms with Crippen LogP contribution in [-0.2, 0) is 9.47 Å². The van der Waals surface area contributed by atoms with Gasteiger partial charge < -0.3 is 14.7 Å². The van der Waals surface area contributed by atoms with Gasteiger partial charge in [0.2, 0.25) is 0 Å². The summed E-state index contributed by atoms with van der Waals surface area (Å²) in [6, 6.07) is 0. The zero-order valence-corrected chi connectivity index (χ0v) is 15.6. The van der Waals surface area contributed by atoms with Crippen molar-refractivity contribution >= 4 is 5.71 Å². The predicted molar refractivity (Wildman–Crippen MR) is 95.6 cm³/mol. The molecule has 0 bridgehead atoms. The SMILES string of the molecule is CC12CCC3(CC1=CCC1C2CCC2(C)/C(=N/O)CCC12)OCCO3. The van der Waals surface area contributed by atoms with Crippen LogP contribution in [-0.4, -0.2) is 29.9 Å². The molecule has 138 valence electrons. The zero-order chi connectivity index (χ0) is 17.3. The van der Waals surface area contributed by atoms with Crippen LogP contribution in [0.25, 0.3) is 0 Å². The second-order valence-electron chi connectivity index (χ2n) is 9.59. The van der Waals surface area contributed by atoms with Gasteiger partial charge in [-0.1, -0.05) is 30.7 Å². The maximum absolute atomic E-state index is 9.47. The van der Waals surface area contributed by atoms with Crippen molar-refractivity contribution in [3.8, 4) is 0 Å². The molecule has 0 aromatic heterocycles. The molecule has 4 nitrogen and oxygen atoms in total. The number of ether oxygens (including phenoxy) is 2. The summed E-state index contributed by atoms with van der Waals surface area (Å²) in [4.78, 5) is 0. The van der Waals surface area contributed by atoms with Crippen molar-refractivity contribution in [2.75, 3.05) is 13.2 Å². The summed E-state index contributed by atoms with van der Waals surface area (Å²) >= 11 is 0. The quantitative estimate of drug-likeness (QED) is 0.399. The third kappa shape index (κ3) is 2.10. The Morgan fingerprint density at radius 3 is 2.56 bits per heavy atom. The van der Waals surface area contributed by atoms with Crippen molar-refractivity contribution in [1.82, 2.24) is 0 Å². The lowest BCUT2D eigenvalue weighted by molar-refractivity contribution is -0.184. The minimum absolute atomic E-state index is 0.130. The number of hydrogen-bond acceptors (Lipinski definition) is 4. The molecule has 3 saturated carbocycles. The van der Waals surface area contributed by atoms with Crippen LogP contribution in [0.2, 0.25) is 0 Å². The van der Waals surface area contributed by atoms with Crippen molar-refractivity contribution in [3.63, 3.8) is 0 Å². The van der Waals surface area contributed by atoms with Crippen molar-refractivity contribution in [2.24, 2.45) is 33.7 Å². The van der Waals surface area contributed by atoms with Crippen LogP contribution < -0.4 is 0 Å². The molecule has 1 spiro atoms. The predicted octanol–water partition coefficient (Wildman–Crippen LogP) is 4.52. The molecule has 25 heavy (non-hydrogen) atoms. The summed E-state index contributed by atoms with van der Waals surface area (Å²) in [5.74, 6) is 1.88. The van der Waals surface area contributed by atoms with E-state index in [1.54, 1.807) is 5.57 Å². The number of rotatable bonds is 0. The summed E-state index contributed by atoms with van der Waals surface area (Å²) in [5, 5.41) is 13.2. The van der Waals surface area contributed by atoms with Gasteiger partial charge in [0, 0.05) is 18.3 Å². The van der Waals surface area contributed by atoms with Crippen LogP contribution in [0.15, 0.2) is 16.8 Å². The van der Waals surface area contributed by atoms with E-state index >= 15 is 0 Å². The topological polar surface area (TPSA) is 51.1 Å². The fourth-order valence-electron chi connectivity index (χ4n) is 7.30. The zero-order valence-electron chi connectivity index (χ0n) is 15.6. The molecule has 0 radical (unpaired) electrons. The Morgan fingerprint density at radius 1 is 1.04 bits per heavy atom. The van der Waals surface area contributed by atoms with Gasteiger partial charge in [0.1, 0.15) is 0 Å². The van der Waals surface area contributed by atoms with Crippen molar-refractivity contribution in [3.05, 3.63) is 11.6 Å². The third-order valence-corrected chi connectivity index (χ3v) is 8.79. The number of nitrogens with zero attached hydrogens (tertiary/aromatic N) is 1. The minimum Gasteiger partial charge on any atom is -0.411 e. The average molecular weight is 345 g/mol. The average Bonchev–Trinajstić information content (AvgIpc) is 3.19. The van der Waals surface area contributed by atoms with Crippen molar-refractivity contribution in [2.45, 2.75) is 71.0 Å². The van der Waals surface area contributed by atoms with E-state index in [1.807, 2.05) is 0 Å². The highest BCUT2D eigenvalue weighted by atomic mass is 16.7. The van der Waals surface area contributed by atoms with Gasteiger partial charge in [0.15, 0.2) is 5.79 Å². The molecule has 0 amide bonds. The molecule has 5 atom stereocenters. The summed E-state index contributed by atoms with van der Waals surface area (Å²) in [6.45, 7) is 6.36. The monoisotopic (exact) mass is 345 g/mol. The van der Waals surface area contributed by atoms with E-state index in [2.05, 4.69) is 25.1 Å². The molecule has 5 aliphatic rings. The fraction of sp³-hybridized carbons (Fsp3) is 0.857. The Hall–Kier alpha value is -0.870. The van der Waals surface area contributed by atoms with Gasteiger partial charge in [-0.2, -0.15) is 0 Å². The molecule has 0 aromatic carbocycles. The summed E-state index contributed by atoms with van der Waals surface area (Å²) in [5.41, 5.74) is 3.10. The van der Waals surface area contributed by atoms with E-state index in [0.717, 1.165) is 50.0 Å². The molecule has 4 heteroatoms. The fourth-order valence-corrected chi connectivity index (χ4v) is 7.30. The Labute approximate surface area is 150 Å². The maximum atomic E-state index is 9.47. The van der Waals surface area contributed by atoms with Crippen LogP contribution in [0.5, 0.6) is 0 Å². The lowest BCUT2D eigenvalue weighted by Crippen LogP contribution is -2.52. The highest BCUT2D eigenvalue weighted by molar-refractivity contribution is 5.92. The number of oxime groups is 1. The molecular weight excluding hydrogens is 314 g/mol. The van der Waals surface area contributed by atoms with Gasteiger partial charge in [-0.05, 0) is 61.7 Å². The first-order valence-corrected chi connectivity index (χ1v) is 10.2. The number of hydrogen-bond donors (Lipinski definition) is 1. The molecule has 1 N–H and O–H groups in total. The van der Waals surface area contributed by atoms with Gasteiger partial charge in [-0.25, -0.2) is 0 Å². The Kier molecular flexibility index (Phi) is 3.47. The van der Waals surface area contributed by atoms with Gasteiger partial charge in [-0.3, -0.25) is 0 Å². The first-order valence-electron chi connectivity index (χ1n) is 10.2. The Morgan fingerprint density at radius 2 is 1.80 bits per heavy atom. The first kappa shape index (κ1) is 16.3. The Balaban J connectivity index is 1.46. The lowest BCUT2D eigenvalue weighted by atomic mass is 9.48. The van der Waals surface area contributed by atoms with Gasteiger partial charge in [-0.15, -0.1) is 0 Å². The number of fused-ring (bicyclic) bond motifs is 5.